The molecule has 0 bridgehead atoms. The monoisotopic (exact) mass is 333 g/mol. The first-order valence-electron chi connectivity index (χ1n) is 7.66. The van der Waals surface area contributed by atoms with E-state index in [2.05, 4.69) is 5.32 Å². The highest BCUT2D eigenvalue weighted by atomic mass is 16.5. The number of hydrogen-bond acceptors (Lipinski definition) is 6. The highest BCUT2D eigenvalue weighted by Crippen LogP contribution is 2.12. The number of fused-ring (bicyclic) bond motifs is 1. The predicted octanol–water partition coefficient (Wildman–Crippen LogP) is 1.49. The molecule has 1 aromatic heterocycles. The number of hydrogen-bond donors (Lipinski definition) is 1. The van der Waals surface area contributed by atoms with E-state index in [9.17, 15) is 14.4 Å². The Hall–Kier alpha value is -2.67. The van der Waals surface area contributed by atoms with Gasteiger partial charge in [-0.25, -0.2) is 4.79 Å². The summed E-state index contributed by atoms with van der Waals surface area (Å²) in [5.74, 6) is -1.52. The number of rotatable bonds is 8. The molecule has 0 radical (unpaired) electrons. The maximum absolute atomic E-state index is 11.9. The molecule has 0 aliphatic carbocycles. The Morgan fingerprint density at radius 2 is 2.04 bits per heavy atom. The van der Waals surface area contributed by atoms with Gasteiger partial charge in [0.05, 0.1) is 5.39 Å². The van der Waals surface area contributed by atoms with Crippen LogP contribution in [-0.4, -0.2) is 38.2 Å². The van der Waals surface area contributed by atoms with Crippen LogP contribution >= 0.6 is 0 Å². The summed E-state index contributed by atoms with van der Waals surface area (Å²) in [4.78, 5) is 35.4. The molecule has 1 amide bonds. The van der Waals surface area contributed by atoms with Crippen molar-refractivity contribution < 1.29 is 23.5 Å². The topological polar surface area (TPSA) is 94.8 Å². The van der Waals surface area contributed by atoms with Crippen LogP contribution in [-0.2, 0) is 14.3 Å². The molecule has 7 heteroatoms. The SMILES string of the molecule is CCOCCCNC(=O)COC(=O)c1cc(=O)c2ccccc2o1. The van der Waals surface area contributed by atoms with E-state index in [0.29, 0.717) is 31.6 Å². The van der Waals surface area contributed by atoms with Crippen LogP contribution in [0.25, 0.3) is 11.0 Å². The van der Waals surface area contributed by atoms with E-state index in [1.54, 1.807) is 24.3 Å². The first-order chi connectivity index (χ1) is 11.6. The second-order valence-corrected chi connectivity index (χ2v) is 4.95. The Morgan fingerprint density at radius 3 is 2.83 bits per heavy atom. The Labute approximate surface area is 138 Å². The normalized spacial score (nSPS) is 10.5. The number of esters is 1. The van der Waals surface area contributed by atoms with Crippen molar-refractivity contribution in [3.63, 3.8) is 0 Å². The maximum Gasteiger partial charge on any atom is 0.374 e. The minimum Gasteiger partial charge on any atom is -0.450 e. The number of ether oxygens (including phenoxy) is 2. The number of carbonyl (C=O) groups excluding carboxylic acids is 2. The molecule has 0 aliphatic rings. The molecular formula is C17H19NO6. The highest BCUT2D eigenvalue weighted by molar-refractivity contribution is 5.90. The summed E-state index contributed by atoms with van der Waals surface area (Å²) in [6, 6.07) is 7.64. The first kappa shape index (κ1) is 17.7. The molecule has 7 nitrogen and oxygen atoms in total. The quantitative estimate of drug-likeness (QED) is 0.581. The molecule has 0 fully saturated rings. The van der Waals surface area contributed by atoms with Crippen molar-refractivity contribution in [1.29, 1.82) is 0 Å². The summed E-state index contributed by atoms with van der Waals surface area (Å²) >= 11 is 0. The van der Waals surface area contributed by atoms with E-state index in [-0.39, 0.29) is 16.8 Å². The zero-order valence-electron chi connectivity index (χ0n) is 13.4. The smallest absolute Gasteiger partial charge is 0.374 e. The molecule has 0 saturated heterocycles. The fraction of sp³-hybridized carbons (Fsp3) is 0.353. The lowest BCUT2D eigenvalue weighted by atomic mass is 10.2. The molecular weight excluding hydrogens is 314 g/mol. The third kappa shape index (κ3) is 4.92. The van der Waals surface area contributed by atoms with Gasteiger partial charge in [0, 0.05) is 25.8 Å². The van der Waals surface area contributed by atoms with Gasteiger partial charge in [-0.05, 0) is 25.5 Å². The molecule has 0 saturated carbocycles. The van der Waals surface area contributed by atoms with E-state index in [4.69, 9.17) is 13.9 Å². The van der Waals surface area contributed by atoms with Crippen LogP contribution in [0.1, 0.15) is 23.9 Å². The first-order valence-corrected chi connectivity index (χ1v) is 7.66. The summed E-state index contributed by atoms with van der Waals surface area (Å²) in [5.41, 5.74) is -0.0542. The third-order valence-corrected chi connectivity index (χ3v) is 3.16. The van der Waals surface area contributed by atoms with Gasteiger partial charge in [0.25, 0.3) is 5.91 Å². The molecule has 128 valence electrons. The molecule has 0 unspecified atom stereocenters. The number of amides is 1. The van der Waals surface area contributed by atoms with E-state index >= 15 is 0 Å². The Balaban J connectivity index is 1.86. The number of nitrogens with one attached hydrogen (secondary N) is 1. The molecule has 1 aromatic carbocycles. The fourth-order valence-electron chi connectivity index (χ4n) is 2.00. The van der Waals surface area contributed by atoms with Crippen LogP contribution in [0.5, 0.6) is 0 Å². The van der Waals surface area contributed by atoms with Crippen molar-refractivity contribution in [2.75, 3.05) is 26.4 Å². The standard InChI is InChI=1S/C17H19NO6/c1-2-22-9-5-8-18-16(20)11-23-17(21)15-10-13(19)12-6-3-4-7-14(12)24-15/h3-4,6-7,10H,2,5,8-9,11H2,1H3,(H,18,20). The minimum atomic E-state index is -0.859. The van der Waals surface area contributed by atoms with Gasteiger partial charge in [0.15, 0.2) is 12.0 Å². The van der Waals surface area contributed by atoms with Gasteiger partial charge < -0.3 is 19.2 Å². The van der Waals surface area contributed by atoms with Gasteiger partial charge in [-0.3, -0.25) is 9.59 Å². The summed E-state index contributed by atoms with van der Waals surface area (Å²) in [6.45, 7) is 3.07. The van der Waals surface area contributed by atoms with Crippen molar-refractivity contribution in [2.45, 2.75) is 13.3 Å². The van der Waals surface area contributed by atoms with E-state index < -0.39 is 18.5 Å². The van der Waals surface area contributed by atoms with Crippen LogP contribution < -0.4 is 10.7 Å². The average molecular weight is 333 g/mol. The lowest BCUT2D eigenvalue weighted by Gasteiger charge is -2.06. The molecule has 24 heavy (non-hydrogen) atoms. The Morgan fingerprint density at radius 1 is 1.25 bits per heavy atom. The summed E-state index contributed by atoms with van der Waals surface area (Å²) in [7, 11) is 0. The third-order valence-electron chi connectivity index (χ3n) is 3.16. The van der Waals surface area contributed by atoms with Crippen LogP contribution in [0.15, 0.2) is 39.5 Å². The summed E-state index contributed by atoms with van der Waals surface area (Å²) in [6.07, 6.45) is 0.674. The molecule has 0 atom stereocenters. The Kier molecular flexibility index (Phi) is 6.51. The van der Waals surface area contributed by atoms with Crippen LogP contribution in [0, 0.1) is 0 Å². The van der Waals surface area contributed by atoms with Gasteiger partial charge >= 0.3 is 5.97 Å². The van der Waals surface area contributed by atoms with Crippen molar-refractivity contribution in [2.24, 2.45) is 0 Å². The lowest BCUT2D eigenvalue weighted by Crippen LogP contribution is -2.30. The predicted molar refractivity (Wildman–Crippen MR) is 86.9 cm³/mol. The van der Waals surface area contributed by atoms with Crippen molar-refractivity contribution in [3.05, 3.63) is 46.3 Å². The molecule has 2 rings (SSSR count). The van der Waals surface area contributed by atoms with Crippen molar-refractivity contribution in [1.82, 2.24) is 5.32 Å². The van der Waals surface area contributed by atoms with Crippen molar-refractivity contribution in [3.8, 4) is 0 Å². The molecule has 1 heterocycles. The number of para-hydroxylation sites is 1. The second kappa shape index (κ2) is 8.83. The molecule has 2 aromatic rings. The van der Waals surface area contributed by atoms with Crippen LogP contribution in [0.4, 0.5) is 0 Å². The van der Waals surface area contributed by atoms with Gasteiger partial charge in [0.1, 0.15) is 5.58 Å². The van der Waals surface area contributed by atoms with Crippen LogP contribution in [0.2, 0.25) is 0 Å². The second-order valence-electron chi connectivity index (χ2n) is 4.95. The maximum atomic E-state index is 11.9. The number of benzene rings is 1. The molecule has 1 N–H and O–H groups in total. The zero-order chi connectivity index (χ0) is 17.4. The van der Waals surface area contributed by atoms with Crippen LogP contribution in [0.3, 0.4) is 0 Å². The minimum absolute atomic E-state index is 0.233. The Bertz CT molecular complexity index is 767. The van der Waals surface area contributed by atoms with Crippen molar-refractivity contribution >= 4 is 22.8 Å². The number of carbonyl (C=O) groups is 2. The highest BCUT2D eigenvalue weighted by Gasteiger charge is 2.15. The van der Waals surface area contributed by atoms with Gasteiger partial charge in [-0.1, -0.05) is 12.1 Å². The zero-order valence-corrected chi connectivity index (χ0v) is 13.4. The van der Waals surface area contributed by atoms with E-state index in [1.807, 2.05) is 6.92 Å². The van der Waals surface area contributed by atoms with Gasteiger partial charge in [-0.2, -0.15) is 0 Å². The molecule has 0 spiro atoms. The fourth-order valence-corrected chi connectivity index (χ4v) is 2.00. The van der Waals surface area contributed by atoms with E-state index in [0.717, 1.165) is 6.07 Å². The largest absolute Gasteiger partial charge is 0.450 e. The summed E-state index contributed by atoms with van der Waals surface area (Å²) < 4.78 is 15.3. The van der Waals surface area contributed by atoms with Gasteiger partial charge in [0.2, 0.25) is 5.76 Å². The van der Waals surface area contributed by atoms with Gasteiger partial charge in [-0.15, -0.1) is 0 Å². The molecule has 0 aliphatic heterocycles. The summed E-state index contributed by atoms with van der Waals surface area (Å²) in [5, 5.41) is 2.98. The lowest BCUT2D eigenvalue weighted by molar-refractivity contribution is -0.124. The van der Waals surface area contributed by atoms with E-state index in [1.165, 1.54) is 0 Å². The average Bonchev–Trinajstić information content (AvgIpc) is 2.59.